The van der Waals surface area contributed by atoms with Crippen molar-refractivity contribution in [1.82, 2.24) is 4.90 Å². The molecule has 0 radical (unpaired) electrons. The van der Waals surface area contributed by atoms with Crippen LogP contribution in [-0.4, -0.2) is 32.1 Å². The largest absolute Gasteiger partial charge is 0.497 e. The normalized spacial score (nSPS) is 14.2. The summed E-state index contributed by atoms with van der Waals surface area (Å²) in [7, 11) is 5.09. The van der Waals surface area contributed by atoms with Gasteiger partial charge in [-0.3, -0.25) is 4.79 Å². The molecule has 1 aromatic carbocycles. The van der Waals surface area contributed by atoms with E-state index in [9.17, 15) is 4.79 Å². The second-order valence-corrected chi connectivity index (χ2v) is 4.65. The van der Waals surface area contributed by atoms with E-state index in [1.807, 2.05) is 25.2 Å². The fourth-order valence-corrected chi connectivity index (χ4v) is 1.96. The highest BCUT2D eigenvalue weighted by Crippen LogP contribution is 2.32. The smallest absolute Gasteiger partial charge is 0.225 e. The number of benzene rings is 1. The summed E-state index contributed by atoms with van der Waals surface area (Å²) in [6, 6.07) is 5.66. The second kappa shape index (κ2) is 5.29. The lowest BCUT2D eigenvalue weighted by molar-refractivity contribution is -0.131. The molecule has 2 rings (SSSR count). The molecule has 0 aromatic heterocycles. The Balaban J connectivity index is 2.09. The van der Waals surface area contributed by atoms with E-state index in [0.717, 1.165) is 29.9 Å². The van der Waals surface area contributed by atoms with Gasteiger partial charge in [0.15, 0.2) is 0 Å². The number of nitrogens with zero attached hydrogens (tertiary/aromatic N) is 1. The molecular weight excluding hydrogens is 230 g/mol. The fraction of sp³-hybridized carbons (Fsp3) is 0.500. The lowest BCUT2D eigenvalue weighted by Crippen LogP contribution is -2.27. The summed E-state index contributed by atoms with van der Waals surface area (Å²) in [5.74, 6) is 1.99. The molecule has 1 aliphatic rings. The van der Waals surface area contributed by atoms with Crippen LogP contribution in [0.4, 0.5) is 0 Å². The first-order valence-electron chi connectivity index (χ1n) is 6.11. The van der Waals surface area contributed by atoms with Crippen LogP contribution in [0.15, 0.2) is 18.2 Å². The highest BCUT2D eigenvalue weighted by molar-refractivity contribution is 5.80. The molecule has 1 amide bonds. The third-order valence-corrected chi connectivity index (χ3v) is 3.20. The van der Waals surface area contributed by atoms with E-state index in [4.69, 9.17) is 9.47 Å². The molecule has 0 bridgehead atoms. The van der Waals surface area contributed by atoms with Crippen molar-refractivity contribution in [2.24, 2.45) is 5.92 Å². The highest BCUT2D eigenvalue weighted by Gasteiger charge is 2.32. The van der Waals surface area contributed by atoms with Crippen LogP contribution < -0.4 is 9.47 Å². The van der Waals surface area contributed by atoms with Gasteiger partial charge < -0.3 is 14.4 Å². The van der Waals surface area contributed by atoms with Crippen LogP contribution in [0.3, 0.4) is 0 Å². The van der Waals surface area contributed by atoms with E-state index in [-0.39, 0.29) is 11.8 Å². The van der Waals surface area contributed by atoms with Gasteiger partial charge in [-0.2, -0.15) is 0 Å². The zero-order valence-corrected chi connectivity index (χ0v) is 11.1. The molecule has 0 unspecified atom stereocenters. The van der Waals surface area contributed by atoms with Crippen LogP contribution in [0.5, 0.6) is 11.5 Å². The molecule has 0 N–H and O–H groups in total. The van der Waals surface area contributed by atoms with Gasteiger partial charge in [0.2, 0.25) is 5.91 Å². The number of carbonyl (C=O) groups is 1. The van der Waals surface area contributed by atoms with Gasteiger partial charge in [0, 0.05) is 31.1 Å². The Morgan fingerprint density at radius 1 is 1.33 bits per heavy atom. The van der Waals surface area contributed by atoms with E-state index in [1.165, 1.54) is 0 Å². The first-order valence-corrected chi connectivity index (χ1v) is 6.11. The molecule has 1 saturated carbocycles. The zero-order chi connectivity index (χ0) is 13.1. The number of carbonyl (C=O) groups excluding carboxylic acids is 1. The Bertz CT molecular complexity index is 441. The Morgan fingerprint density at radius 3 is 2.61 bits per heavy atom. The van der Waals surface area contributed by atoms with Crippen molar-refractivity contribution in [3.8, 4) is 11.5 Å². The van der Waals surface area contributed by atoms with Crippen molar-refractivity contribution in [2.45, 2.75) is 19.4 Å². The summed E-state index contributed by atoms with van der Waals surface area (Å²) in [6.45, 7) is 0.572. The van der Waals surface area contributed by atoms with E-state index in [2.05, 4.69) is 0 Å². The second-order valence-electron chi connectivity index (χ2n) is 4.65. The third-order valence-electron chi connectivity index (χ3n) is 3.20. The SMILES string of the molecule is COc1ccc(CN(C)C(=O)C2CC2)c(OC)c1. The molecule has 1 fully saturated rings. The van der Waals surface area contributed by atoms with Gasteiger partial charge in [0.05, 0.1) is 14.2 Å². The van der Waals surface area contributed by atoms with Gasteiger partial charge in [-0.15, -0.1) is 0 Å². The Labute approximate surface area is 107 Å². The summed E-state index contributed by atoms with van der Waals surface area (Å²) in [6.07, 6.45) is 2.06. The molecule has 4 heteroatoms. The fourth-order valence-electron chi connectivity index (χ4n) is 1.96. The van der Waals surface area contributed by atoms with Crippen molar-refractivity contribution >= 4 is 5.91 Å². The average molecular weight is 249 g/mol. The number of amides is 1. The van der Waals surface area contributed by atoms with E-state index >= 15 is 0 Å². The molecule has 0 atom stereocenters. The summed E-state index contributed by atoms with van der Waals surface area (Å²) in [5.41, 5.74) is 0.995. The van der Waals surface area contributed by atoms with Crippen molar-refractivity contribution in [2.75, 3.05) is 21.3 Å². The Hall–Kier alpha value is -1.71. The lowest BCUT2D eigenvalue weighted by Gasteiger charge is -2.19. The number of rotatable bonds is 5. The van der Waals surface area contributed by atoms with Crippen molar-refractivity contribution < 1.29 is 14.3 Å². The van der Waals surface area contributed by atoms with Gasteiger partial charge in [0.1, 0.15) is 11.5 Å². The molecule has 0 heterocycles. The molecule has 0 aliphatic heterocycles. The van der Waals surface area contributed by atoms with E-state index in [0.29, 0.717) is 6.54 Å². The summed E-state index contributed by atoms with van der Waals surface area (Å²) in [4.78, 5) is 13.7. The molecule has 0 spiro atoms. The number of ether oxygens (including phenoxy) is 2. The monoisotopic (exact) mass is 249 g/mol. The number of hydrogen-bond acceptors (Lipinski definition) is 3. The van der Waals surface area contributed by atoms with E-state index < -0.39 is 0 Å². The molecule has 98 valence electrons. The molecule has 1 aromatic rings. The number of hydrogen-bond donors (Lipinski definition) is 0. The Kier molecular flexibility index (Phi) is 3.75. The first kappa shape index (κ1) is 12.7. The average Bonchev–Trinajstić information content (AvgIpc) is 3.22. The van der Waals surface area contributed by atoms with Crippen LogP contribution in [0.1, 0.15) is 18.4 Å². The summed E-state index contributed by atoms with van der Waals surface area (Å²) in [5, 5.41) is 0. The van der Waals surface area contributed by atoms with Gasteiger partial charge >= 0.3 is 0 Å². The van der Waals surface area contributed by atoms with Crippen LogP contribution in [0.2, 0.25) is 0 Å². The van der Waals surface area contributed by atoms with Gasteiger partial charge in [0.25, 0.3) is 0 Å². The van der Waals surface area contributed by atoms with Gasteiger partial charge in [-0.25, -0.2) is 0 Å². The molecule has 0 saturated heterocycles. The molecular formula is C14H19NO3. The predicted molar refractivity (Wildman–Crippen MR) is 68.7 cm³/mol. The standard InChI is InChI=1S/C14H19NO3/c1-15(14(16)10-4-5-10)9-11-6-7-12(17-2)8-13(11)18-3/h6-8,10H,4-5,9H2,1-3H3. The van der Waals surface area contributed by atoms with Crippen LogP contribution in [-0.2, 0) is 11.3 Å². The van der Waals surface area contributed by atoms with Crippen LogP contribution >= 0.6 is 0 Å². The van der Waals surface area contributed by atoms with Crippen LogP contribution in [0.25, 0.3) is 0 Å². The molecule has 4 nitrogen and oxygen atoms in total. The van der Waals surface area contributed by atoms with Crippen molar-refractivity contribution in [3.05, 3.63) is 23.8 Å². The quantitative estimate of drug-likeness (QED) is 0.802. The maximum atomic E-state index is 11.9. The minimum Gasteiger partial charge on any atom is -0.497 e. The maximum Gasteiger partial charge on any atom is 0.225 e. The topological polar surface area (TPSA) is 38.8 Å². The zero-order valence-electron chi connectivity index (χ0n) is 11.1. The predicted octanol–water partition coefficient (Wildman–Crippen LogP) is 2.07. The van der Waals surface area contributed by atoms with Crippen molar-refractivity contribution in [3.63, 3.8) is 0 Å². The van der Waals surface area contributed by atoms with Gasteiger partial charge in [-0.05, 0) is 25.0 Å². The van der Waals surface area contributed by atoms with Gasteiger partial charge in [-0.1, -0.05) is 0 Å². The molecule has 1 aliphatic carbocycles. The molecule has 18 heavy (non-hydrogen) atoms. The number of methoxy groups -OCH3 is 2. The maximum absolute atomic E-state index is 11.9. The van der Waals surface area contributed by atoms with Crippen molar-refractivity contribution in [1.29, 1.82) is 0 Å². The van der Waals surface area contributed by atoms with E-state index in [1.54, 1.807) is 19.1 Å². The lowest BCUT2D eigenvalue weighted by atomic mass is 10.1. The summed E-state index contributed by atoms with van der Waals surface area (Å²) < 4.78 is 10.5. The first-order chi connectivity index (χ1) is 8.65. The van der Waals surface area contributed by atoms with Crippen LogP contribution in [0, 0.1) is 5.92 Å². The Morgan fingerprint density at radius 2 is 2.06 bits per heavy atom. The minimum absolute atomic E-state index is 0.230. The third kappa shape index (κ3) is 2.75. The summed E-state index contributed by atoms with van der Waals surface area (Å²) >= 11 is 0. The minimum atomic E-state index is 0.230. The highest BCUT2D eigenvalue weighted by atomic mass is 16.5.